The van der Waals surface area contributed by atoms with E-state index < -0.39 is 21.1 Å². The molecule has 1 aromatic rings. The molecule has 2 aliphatic heterocycles. The normalized spacial score (nSPS) is 22.7. The second-order valence-corrected chi connectivity index (χ2v) is 7.50. The molecule has 0 saturated carbocycles. The minimum Gasteiger partial charge on any atom is -0.378 e. The van der Waals surface area contributed by atoms with Gasteiger partial charge in [-0.3, -0.25) is 4.79 Å². The van der Waals surface area contributed by atoms with Gasteiger partial charge in [-0.25, -0.2) is 17.9 Å². The quantitative estimate of drug-likeness (QED) is 0.837. The van der Waals surface area contributed by atoms with Gasteiger partial charge in [-0.1, -0.05) is 0 Å². The molecule has 2 N–H and O–H groups in total. The standard InChI is InChI=1S/C14H18FN3O4S/c15-12-7-10(1-2-13(12)17-3-5-22-6-4-17)18-9-11(8-14(18)19)23(16,20)21/h1-2,7,11H,3-6,8-9H2,(H2,16,20,21). The molecule has 0 radical (unpaired) electrons. The lowest BCUT2D eigenvalue weighted by Gasteiger charge is -2.29. The predicted octanol–water partition coefficient (Wildman–Crippen LogP) is 0.0561. The van der Waals surface area contributed by atoms with Gasteiger partial charge >= 0.3 is 0 Å². The summed E-state index contributed by atoms with van der Waals surface area (Å²) in [5.74, 6) is -0.821. The highest BCUT2D eigenvalue weighted by molar-refractivity contribution is 7.89. The van der Waals surface area contributed by atoms with Gasteiger partial charge in [-0.2, -0.15) is 0 Å². The molecular formula is C14H18FN3O4S. The average molecular weight is 343 g/mol. The van der Waals surface area contributed by atoms with Crippen molar-refractivity contribution in [3.63, 3.8) is 0 Å². The van der Waals surface area contributed by atoms with Crippen LogP contribution < -0.4 is 14.9 Å². The number of rotatable bonds is 3. The molecule has 0 spiro atoms. The average Bonchev–Trinajstić information content (AvgIpc) is 2.90. The predicted molar refractivity (Wildman–Crippen MR) is 83.3 cm³/mol. The summed E-state index contributed by atoms with van der Waals surface area (Å²) in [4.78, 5) is 15.1. The van der Waals surface area contributed by atoms with E-state index >= 15 is 0 Å². The first-order valence-corrected chi connectivity index (χ1v) is 8.91. The van der Waals surface area contributed by atoms with Crippen molar-refractivity contribution in [1.82, 2.24) is 0 Å². The molecule has 1 atom stereocenters. The number of hydrogen-bond acceptors (Lipinski definition) is 5. The van der Waals surface area contributed by atoms with Crippen LogP contribution in [0.25, 0.3) is 0 Å². The molecule has 0 bridgehead atoms. The number of nitrogens with zero attached hydrogens (tertiary/aromatic N) is 2. The summed E-state index contributed by atoms with van der Waals surface area (Å²) in [5.41, 5.74) is 0.794. The SMILES string of the molecule is NS(=O)(=O)C1CC(=O)N(c2ccc(N3CCOCC3)c(F)c2)C1. The van der Waals surface area contributed by atoms with Crippen LogP contribution in [0, 0.1) is 5.82 Å². The Kier molecular flexibility index (Phi) is 4.26. The van der Waals surface area contributed by atoms with Crippen molar-refractivity contribution in [2.45, 2.75) is 11.7 Å². The van der Waals surface area contributed by atoms with Crippen LogP contribution in [0.5, 0.6) is 0 Å². The molecule has 9 heteroatoms. The van der Waals surface area contributed by atoms with Crippen molar-refractivity contribution in [2.75, 3.05) is 42.6 Å². The molecular weight excluding hydrogens is 325 g/mol. The van der Waals surface area contributed by atoms with Gasteiger partial charge < -0.3 is 14.5 Å². The fourth-order valence-corrected chi connectivity index (χ4v) is 3.60. The first-order chi connectivity index (χ1) is 10.9. The van der Waals surface area contributed by atoms with Gasteiger partial charge in [0, 0.05) is 31.7 Å². The molecule has 1 aromatic carbocycles. The first kappa shape index (κ1) is 16.2. The van der Waals surface area contributed by atoms with E-state index in [9.17, 15) is 17.6 Å². The van der Waals surface area contributed by atoms with E-state index in [1.807, 2.05) is 4.90 Å². The Morgan fingerprint density at radius 3 is 2.52 bits per heavy atom. The Morgan fingerprint density at radius 2 is 1.96 bits per heavy atom. The summed E-state index contributed by atoms with van der Waals surface area (Å²) < 4.78 is 42.4. The number of sulfonamides is 1. The summed E-state index contributed by atoms with van der Waals surface area (Å²) >= 11 is 0. The molecule has 1 amide bonds. The zero-order valence-electron chi connectivity index (χ0n) is 12.4. The number of anilines is 2. The smallest absolute Gasteiger partial charge is 0.228 e. The van der Waals surface area contributed by atoms with Gasteiger partial charge in [0.15, 0.2) is 0 Å². The zero-order chi connectivity index (χ0) is 16.6. The summed E-state index contributed by atoms with van der Waals surface area (Å²) in [6, 6.07) is 4.49. The van der Waals surface area contributed by atoms with Crippen LogP contribution in [0.3, 0.4) is 0 Å². The van der Waals surface area contributed by atoms with E-state index in [4.69, 9.17) is 9.88 Å². The molecule has 2 aliphatic rings. The fraction of sp³-hybridized carbons (Fsp3) is 0.500. The molecule has 7 nitrogen and oxygen atoms in total. The summed E-state index contributed by atoms with van der Waals surface area (Å²) in [6.07, 6.45) is -0.175. The zero-order valence-corrected chi connectivity index (χ0v) is 13.3. The maximum atomic E-state index is 14.4. The molecule has 0 aromatic heterocycles. The minimum atomic E-state index is -3.79. The largest absolute Gasteiger partial charge is 0.378 e. The molecule has 1 unspecified atom stereocenters. The number of benzene rings is 1. The van der Waals surface area contributed by atoms with Crippen LogP contribution in [0.4, 0.5) is 15.8 Å². The number of primary sulfonamides is 1. The number of ether oxygens (including phenoxy) is 1. The lowest BCUT2D eigenvalue weighted by molar-refractivity contribution is -0.117. The van der Waals surface area contributed by atoms with Gasteiger partial charge in [-0.05, 0) is 18.2 Å². The maximum absolute atomic E-state index is 14.4. The number of carbonyl (C=O) groups is 1. The first-order valence-electron chi connectivity index (χ1n) is 7.30. The highest BCUT2D eigenvalue weighted by Crippen LogP contribution is 2.29. The van der Waals surface area contributed by atoms with E-state index in [0.717, 1.165) is 0 Å². The Labute approximate surface area is 133 Å². The van der Waals surface area contributed by atoms with Crippen LogP contribution >= 0.6 is 0 Å². The number of morpholine rings is 1. The van der Waals surface area contributed by atoms with Crippen LogP contribution in [0.1, 0.15) is 6.42 Å². The number of hydrogen-bond donors (Lipinski definition) is 1. The van der Waals surface area contributed by atoms with E-state index in [2.05, 4.69) is 0 Å². The highest BCUT2D eigenvalue weighted by Gasteiger charge is 2.37. The number of carbonyl (C=O) groups excluding carboxylic acids is 1. The van der Waals surface area contributed by atoms with Crippen molar-refractivity contribution in [1.29, 1.82) is 0 Å². The van der Waals surface area contributed by atoms with Crippen molar-refractivity contribution in [2.24, 2.45) is 5.14 Å². The molecule has 3 rings (SSSR count). The van der Waals surface area contributed by atoms with Crippen molar-refractivity contribution < 1.29 is 22.3 Å². The van der Waals surface area contributed by atoms with E-state index in [-0.39, 0.29) is 18.9 Å². The Morgan fingerprint density at radius 1 is 1.26 bits per heavy atom. The second-order valence-electron chi connectivity index (χ2n) is 5.65. The maximum Gasteiger partial charge on any atom is 0.228 e. The molecule has 2 heterocycles. The van der Waals surface area contributed by atoms with Crippen molar-refractivity contribution >= 4 is 27.3 Å². The molecule has 0 aliphatic carbocycles. The lowest BCUT2D eigenvalue weighted by Crippen LogP contribution is -2.36. The van der Waals surface area contributed by atoms with E-state index in [1.54, 1.807) is 12.1 Å². The third kappa shape index (κ3) is 3.31. The van der Waals surface area contributed by atoms with Gasteiger partial charge in [0.25, 0.3) is 0 Å². The summed E-state index contributed by atoms with van der Waals surface area (Å²) in [6.45, 7) is 2.25. The number of halogens is 1. The Balaban J connectivity index is 1.81. The fourth-order valence-electron chi connectivity index (χ4n) is 2.87. The minimum absolute atomic E-state index is 0.0476. The second kappa shape index (κ2) is 6.06. The van der Waals surface area contributed by atoms with Crippen molar-refractivity contribution in [3.05, 3.63) is 24.0 Å². The van der Waals surface area contributed by atoms with E-state index in [1.165, 1.54) is 11.0 Å². The van der Waals surface area contributed by atoms with Gasteiger partial charge in [0.05, 0.1) is 18.9 Å². The lowest BCUT2D eigenvalue weighted by atomic mass is 10.2. The third-order valence-corrected chi connectivity index (χ3v) is 5.39. The molecule has 2 saturated heterocycles. The van der Waals surface area contributed by atoms with Crippen LogP contribution in [-0.4, -0.2) is 52.4 Å². The van der Waals surface area contributed by atoms with Crippen LogP contribution in [0.2, 0.25) is 0 Å². The highest BCUT2D eigenvalue weighted by atomic mass is 32.2. The van der Waals surface area contributed by atoms with E-state index in [0.29, 0.717) is 37.7 Å². The Hall–Kier alpha value is -1.71. The van der Waals surface area contributed by atoms with Gasteiger partial charge in [0.2, 0.25) is 15.9 Å². The number of amides is 1. The van der Waals surface area contributed by atoms with Gasteiger partial charge in [-0.15, -0.1) is 0 Å². The topological polar surface area (TPSA) is 92.9 Å². The summed E-state index contributed by atoms with van der Waals surface area (Å²) in [7, 11) is -3.79. The Bertz CT molecular complexity index is 719. The van der Waals surface area contributed by atoms with Crippen LogP contribution in [-0.2, 0) is 19.6 Å². The van der Waals surface area contributed by atoms with Crippen LogP contribution in [0.15, 0.2) is 18.2 Å². The third-order valence-electron chi connectivity index (χ3n) is 4.15. The summed E-state index contributed by atoms with van der Waals surface area (Å²) in [5, 5.41) is 4.15. The molecule has 126 valence electrons. The van der Waals surface area contributed by atoms with Crippen molar-refractivity contribution in [3.8, 4) is 0 Å². The van der Waals surface area contributed by atoms with Gasteiger partial charge in [0.1, 0.15) is 11.1 Å². The number of nitrogens with two attached hydrogens (primary N) is 1. The molecule has 2 fully saturated rings. The monoisotopic (exact) mass is 343 g/mol. The molecule has 23 heavy (non-hydrogen) atoms.